The fourth-order valence-corrected chi connectivity index (χ4v) is 1.54. The third-order valence-electron chi connectivity index (χ3n) is 1.65. The van der Waals surface area contributed by atoms with Crippen LogP contribution in [0.5, 0.6) is 0 Å². The fourth-order valence-electron chi connectivity index (χ4n) is 1.03. The highest BCUT2D eigenvalue weighted by molar-refractivity contribution is 9.10. The number of hydrogen-bond acceptors (Lipinski definition) is 2. The van der Waals surface area contributed by atoms with E-state index in [1.54, 1.807) is 0 Å². The molecule has 1 aromatic rings. The molecule has 1 rings (SSSR count). The van der Waals surface area contributed by atoms with E-state index >= 15 is 0 Å². The quantitative estimate of drug-likeness (QED) is 0.777. The Morgan fingerprint density at radius 1 is 1.67 bits per heavy atom. The third kappa shape index (κ3) is 1.97. The molecule has 0 aliphatic rings. The molecule has 0 bridgehead atoms. The predicted octanol–water partition coefficient (Wildman–Crippen LogP) is 2.83. The molecule has 1 heterocycles. The van der Waals surface area contributed by atoms with Crippen LogP contribution in [0, 0.1) is 6.92 Å². The summed E-state index contributed by atoms with van der Waals surface area (Å²) in [5.41, 5.74) is 7.64. The van der Waals surface area contributed by atoms with Crippen molar-refractivity contribution in [3.8, 4) is 0 Å². The Bertz CT molecular complexity index is 299. The van der Waals surface area contributed by atoms with E-state index < -0.39 is 0 Å². The number of pyridine rings is 1. The molecule has 0 saturated heterocycles. The number of hydrogen-bond donors (Lipinski definition) is 1. The average molecular weight is 250 g/mol. The zero-order valence-electron chi connectivity index (χ0n) is 6.94. The van der Waals surface area contributed by atoms with E-state index in [0.29, 0.717) is 5.15 Å². The standard InChI is InChI=1S/C8H10BrClN2/c1-4(11)6-3-7(9)8(10)12-5(6)2/h3-4H,11H2,1-2H3. The molecule has 1 aromatic heterocycles. The summed E-state index contributed by atoms with van der Waals surface area (Å²) >= 11 is 9.09. The Hall–Kier alpha value is -0.120. The van der Waals surface area contributed by atoms with Gasteiger partial charge in [-0.25, -0.2) is 4.98 Å². The number of aryl methyl sites for hydroxylation is 1. The summed E-state index contributed by atoms with van der Waals surface area (Å²) in [6.07, 6.45) is 0. The molecule has 2 nitrogen and oxygen atoms in total. The summed E-state index contributed by atoms with van der Waals surface area (Å²) in [6.45, 7) is 3.82. The topological polar surface area (TPSA) is 38.9 Å². The van der Waals surface area contributed by atoms with Gasteiger partial charge in [-0.2, -0.15) is 0 Å². The van der Waals surface area contributed by atoms with Crippen molar-refractivity contribution in [2.45, 2.75) is 19.9 Å². The molecule has 0 saturated carbocycles. The van der Waals surface area contributed by atoms with Crippen molar-refractivity contribution in [1.82, 2.24) is 4.98 Å². The molecule has 0 radical (unpaired) electrons. The first-order chi connectivity index (χ1) is 5.52. The second-order valence-electron chi connectivity index (χ2n) is 2.72. The van der Waals surface area contributed by atoms with Crippen molar-refractivity contribution in [2.24, 2.45) is 5.73 Å². The van der Waals surface area contributed by atoms with Gasteiger partial charge in [-0.15, -0.1) is 0 Å². The third-order valence-corrected chi connectivity index (χ3v) is 2.77. The first kappa shape index (κ1) is 9.96. The van der Waals surface area contributed by atoms with Gasteiger partial charge >= 0.3 is 0 Å². The van der Waals surface area contributed by atoms with Gasteiger partial charge in [0.1, 0.15) is 5.15 Å². The largest absolute Gasteiger partial charge is 0.324 e. The van der Waals surface area contributed by atoms with Crippen LogP contribution >= 0.6 is 27.5 Å². The Morgan fingerprint density at radius 3 is 2.75 bits per heavy atom. The van der Waals surface area contributed by atoms with E-state index in [2.05, 4.69) is 20.9 Å². The van der Waals surface area contributed by atoms with Gasteiger partial charge in [0.15, 0.2) is 0 Å². The molecular formula is C8H10BrClN2. The van der Waals surface area contributed by atoms with Gasteiger partial charge in [0.25, 0.3) is 0 Å². The lowest BCUT2D eigenvalue weighted by Crippen LogP contribution is -2.08. The Balaban J connectivity index is 3.23. The maximum atomic E-state index is 5.79. The van der Waals surface area contributed by atoms with Crippen LogP contribution in [-0.2, 0) is 0 Å². The predicted molar refractivity (Wildman–Crippen MR) is 54.3 cm³/mol. The molecule has 0 amide bonds. The highest BCUT2D eigenvalue weighted by atomic mass is 79.9. The smallest absolute Gasteiger partial charge is 0.143 e. The zero-order chi connectivity index (χ0) is 9.30. The van der Waals surface area contributed by atoms with Gasteiger partial charge in [-0.3, -0.25) is 0 Å². The maximum absolute atomic E-state index is 5.79. The Kier molecular flexibility index (Phi) is 3.09. The molecule has 0 aromatic carbocycles. The van der Waals surface area contributed by atoms with Crippen molar-refractivity contribution >= 4 is 27.5 Å². The summed E-state index contributed by atoms with van der Waals surface area (Å²) in [4.78, 5) is 4.13. The van der Waals surface area contributed by atoms with Crippen LogP contribution in [0.2, 0.25) is 5.15 Å². The summed E-state index contributed by atoms with van der Waals surface area (Å²) in [7, 11) is 0. The second-order valence-corrected chi connectivity index (χ2v) is 3.94. The van der Waals surface area contributed by atoms with Gasteiger partial charge in [0.05, 0.1) is 4.47 Å². The van der Waals surface area contributed by atoms with Crippen LogP contribution in [0.3, 0.4) is 0 Å². The summed E-state index contributed by atoms with van der Waals surface area (Å²) in [6, 6.07) is 1.90. The van der Waals surface area contributed by atoms with E-state index in [1.165, 1.54) is 0 Å². The van der Waals surface area contributed by atoms with Crippen LogP contribution in [0.15, 0.2) is 10.5 Å². The average Bonchev–Trinajstić information content (AvgIpc) is 1.96. The minimum atomic E-state index is -0.00827. The van der Waals surface area contributed by atoms with Gasteiger partial charge in [-0.1, -0.05) is 11.6 Å². The molecule has 66 valence electrons. The van der Waals surface area contributed by atoms with Gasteiger partial charge < -0.3 is 5.73 Å². The van der Waals surface area contributed by atoms with E-state index in [1.807, 2.05) is 19.9 Å². The van der Waals surface area contributed by atoms with E-state index in [-0.39, 0.29) is 6.04 Å². The monoisotopic (exact) mass is 248 g/mol. The molecule has 2 N–H and O–H groups in total. The molecule has 0 aliphatic heterocycles. The fraction of sp³-hybridized carbons (Fsp3) is 0.375. The van der Waals surface area contributed by atoms with Gasteiger partial charge in [0, 0.05) is 11.7 Å². The highest BCUT2D eigenvalue weighted by Crippen LogP contribution is 2.25. The zero-order valence-corrected chi connectivity index (χ0v) is 9.28. The lowest BCUT2D eigenvalue weighted by molar-refractivity contribution is 0.798. The number of aromatic nitrogens is 1. The molecule has 0 fully saturated rings. The van der Waals surface area contributed by atoms with Crippen LogP contribution in [0.4, 0.5) is 0 Å². The van der Waals surface area contributed by atoms with Crippen LogP contribution in [0.1, 0.15) is 24.2 Å². The highest BCUT2D eigenvalue weighted by Gasteiger charge is 2.08. The van der Waals surface area contributed by atoms with E-state index in [0.717, 1.165) is 15.7 Å². The first-order valence-corrected chi connectivity index (χ1v) is 4.77. The van der Waals surface area contributed by atoms with Crippen LogP contribution in [0.25, 0.3) is 0 Å². The molecule has 0 aliphatic carbocycles. The summed E-state index contributed by atoms with van der Waals surface area (Å²) in [5.74, 6) is 0. The van der Waals surface area contributed by atoms with Crippen molar-refractivity contribution in [3.05, 3.63) is 26.9 Å². The van der Waals surface area contributed by atoms with Crippen molar-refractivity contribution in [1.29, 1.82) is 0 Å². The lowest BCUT2D eigenvalue weighted by atomic mass is 10.1. The Labute approximate surface area is 85.3 Å². The molecule has 4 heteroatoms. The number of rotatable bonds is 1. The van der Waals surface area contributed by atoms with Gasteiger partial charge in [0.2, 0.25) is 0 Å². The summed E-state index contributed by atoms with van der Waals surface area (Å²) in [5, 5.41) is 0.483. The maximum Gasteiger partial charge on any atom is 0.143 e. The molecule has 12 heavy (non-hydrogen) atoms. The van der Waals surface area contributed by atoms with Gasteiger partial charge in [-0.05, 0) is 41.4 Å². The number of halogens is 2. The van der Waals surface area contributed by atoms with Crippen molar-refractivity contribution < 1.29 is 0 Å². The molecular weight excluding hydrogens is 239 g/mol. The second kappa shape index (κ2) is 3.73. The minimum Gasteiger partial charge on any atom is -0.324 e. The van der Waals surface area contributed by atoms with Crippen LogP contribution in [-0.4, -0.2) is 4.98 Å². The number of nitrogens with two attached hydrogens (primary N) is 1. The molecule has 0 spiro atoms. The normalized spacial score (nSPS) is 13.1. The van der Waals surface area contributed by atoms with Crippen LogP contribution < -0.4 is 5.73 Å². The molecule has 1 unspecified atom stereocenters. The van der Waals surface area contributed by atoms with Crippen molar-refractivity contribution in [2.75, 3.05) is 0 Å². The SMILES string of the molecule is Cc1nc(Cl)c(Br)cc1C(C)N. The lowest BCUT2D eigenvalue weighted by Gasteiger charge is -2.09. The first-order valence-electron chi connectivity index (χ1n) is 3.60. The van der Waals surface area contributed by atoms with Crippen molar-refractivity contribution in [3.63, 3.8) is 0 Å². The van der Waals surface area contributed by atoms with E-state index in [4.69, 9.17) is 17.3 Å². The molecule has 1 atom stereocenters. The minimum absolute atomic E-state index is 0.00827. The Morgan fingerprint density at radius 2 is 2.25 bits per heavy atom. The summed E-state index contributed by atoms with van der Waals surface area (Å²) < 4.78 is 0.794. The van der Waals surface area contributed by atoms with E-state index in [9.17, 15) is 0 Å². The number of nitrogens with zero attached hydrogens (tertiary/aromatic N) is 1.